The summed E-state index contributed by atoms with van der Waals surface area (Å²) in [6.45, 7) is 0.220. The maximum Gasteiger partial charge on any atom is 0.305 e. The van der Waals surface area contributed by atoms with Gasteiger partial charge in [-0.1, -0.05) is 0 Å². The number of esters is 1. The first-order chi connectivity index (χ1) is 9.41. The fraction of sp³-hybridized carbons (Fsp3) is 0.385. The van der Waals surface area contributed by atoms with Crippen molar-refractivity contribution in [1.29, 1.82) is 5.26 Å². The van der Waals surface area contributed by atoms with E-state index >= 15 is 0 Å². The van der Waals surface area contributed by atoms with Gasteiger partial charge < -0.3 is 4.74 Å². The smallest absolute Gasteiger partial charge is 0.305 e. The molecule has 0 aliphatic heterocycles. The van der Waals surface area contributed by atoms with Gasteiger partial charge in [0.1, 0.15) is 0 Å². The van der Waals surface area contributed by atoms with Crippen molar-refractivity contribution in [2.45, 2.75) is 17.7 Å². The summed E-state index contributed by atoms with van der Waals surface area (Å²) in [5.74, 6) is -0.367. The summed E-state index contributed by atoms with van der Waals surface area (Å²) in [5, 5.41) is 8.68. The minimum Gasteiger partial charge on any atom is -0.469 e. The normalized spacial score (nSPS) is 11.1. The third kappa shape index (κ3) is 4.05. The molecule has 0 aliphatic rings. The van der Waals surface area contributed by atoms with E-state index < -0.39 is 10.0 Å². The lowest BCUT2D eigenvalue weighted by Crippen LogP contribution is -2.28. The number of rotatable bonds is 6. The number of carbonyl (C=O) groups is 1. The summed E-state index contributed by atoms with van der Waals surface area (Å²) in [4.78, 5) is 11.1. The SMILES string of the molecule is COC(=O)CCCN(C)S(=O)(=O)c1ccc(C#N)cc1. The van der Waals surface area contributed by atoms with Crippen molar-refractivity contribution >= 4 is 16.0 Å². The van der Waals surface area contributed by atoms with E-state index in [1.165, 1.54) is 42.7 Å². The van der Waals surface area contributed by atoms with Gasteiger partial charge >= 0.3 is 5.97 Å². The van der Waals surface area contributed by atoms with Gasteiger partial charge in [0.2, 0.25) is 10.0 Å². The minimum absolute atomic E-state index is 0.122. The minimum atomic E-state index is -3.60. The highest BCUT2D eigenvalue weighted by Crippen LogP contribution is 2.15. The molecule has 0 radical (unpaired) electrons. The van der Waals surface area contributed by atoms with Gasteiger partial charge in [0, 0.05) is 20.0 Å². The third-order valence-electron chi connectivity index (χ3n) is 2.77. The molecule has 0 aromatic heterocycles. The highest BCUT2D eigenvalue weighted by molar-refractivity contribution is 7.89. The maximum atomic E-state index is 12.2. The van der Waals surface area contributed by atoms with Crippen LogP contribution < -0.4 is 0 Å². The first kappa shape index (κ1) is 16.1. The number of ether oxygens (including phenoxy) is 1. The van der Waals surface area contributed by atoms with Crippen molar-refractivity contribution in [2.75, 3.05) is 20.7 Å². The van der Waals surface area contributed by atoms with E-state index in [2.05, 4.69) is 4.74 Å². The molecule has 1 aromatic rings. The van der Waals surface area contributed by atoms with Gasteiger partial charge in [-0.2, -0.15) is 5.26 Å². The molecule has 0 spiro atoms. The molecule has 0 amide bonds. The molecule has 0 unspecified atom stereocenters. The van der Waals surface area contributed by atoms with Crippen LogP contribution in [0.25, 0.3) is 0 Å². The standard InChI is InChI=1S/C13H16N2O4S/c1-15(9-3-4-13(16)19-2)20(17,18)12-7-5-11(10-14)6-8-12/h5-8H,3-4,9H2,1-2H3. The lowest BCUT2D eigenvalue weighted by molar-refractivity contribution is -0.140. The van der Waals surface area contributed by atoms with E-state index in [1.54, 1.807) is 0 Å². The van der Waals surface area contributed by atoms with Crippen LogP contribution in [0.15, 0.2) is 29.2 Å². The van der Waals surface area contributed by atoms with Crippen LogP contribution >= 0.6 is 0 Å². The van der Waals surface area contributed by atoms with E-state index in [0.717, 1.165) is 0 Å². The van der Waals surface area contributed by atoms with Gasteiger partial charge in [0.15, 0.2) is 0 Å². The van der Waals surface area contributed by atoms with Crippen LogP contribution in [0.5, 0.6) is 0 Å². The summed E-state index contributed by atoms with van der Waals surface area (Å²) in [5.41, 5.74) is 0.400. The summed E-state index contributed by atoms with van der Waals surface area (Å²) in [6, 6.07) is 7.62. The predicted octanol–water partition coefficient (Wildman–Crippen LogP) is 1.13. The van der Waals surface area contributed by atoms with E-state index in [-0.39, 0.29) is 23.8 Å². The molecule has 20 heavy (non-hydrogen) atoms. The highest BCUT2D eigenvalue weighted by Gasteiger charge is 2.20. The molecule has 0 bridgehead atoms. The molecule has 0 fully saturated rings. The lowest BCUT2D eigenvalue weighted by atomic mass is 10.2. The number of methoxy groups -OCH3 is 1. The Labute approximate surface area is 118 Å². The molecule has 0 atom stereocenters. The molecule has 0 saturated heterocycles. The van der Waals surface area contributed by atoms with Crippen LogP contribution in [0.3, 0.4) is 0 Å². The second kappa shape index (κ2) is 7.03. The Balaban J connectivity index is 2.72. The van der Waals surface area contributed by atoms with Crippen LogP contribution in [-0.4, -0.2) is 39.4 Å². The largest absolute Gasteiger partial charge is 0.469 e. The number of sulfonamides is 1. The van der Waals surface area contributed by atoms with Crippen LogP contribution in [0.2, 0.25) is 0 Å². The van der Waals surface area contributed by atoms with E-state index in [0.29, 0.717) is 12.0 Å². The van der Waals surface area contributed by atoms with Crippen molar-refractivity contribution in [2.24, 2.45) is 0 Å². The number of nitrogens with zero attached hydrogens (tertiary/aromatic N) is 2. The predicted molar refractivity (Wildman–Crippen MR) is 72.2 cm³/mol. The zero-order valence-corrected chi connectivity index (χ0v) is 12.2. The number of hydrogen-bond donors (Lipinski definition) is 0. The summed E-state index contributed by atoms with van der Waals surface area (Å²) < 4.78 is 30.1. The van der Waals surface area contributed by atoms with Crippen molar-refractivity contribution in [3.05, 3.63) is 29.8 Å². The maximum absolute atomic E-state index is 12.2. The Bertz CT molecular complexity index is 602. The van der Waals surface area contributed by atoms with Crippen molar-refractivity contribution in [3.63, 3.8) is 0 Å². The molecular weight excluding hydrogens is 280 g/mol. The van der Waals surface area contributed by atoms with Crippen molar-refractivity contribution < 1.29 is 17.9 Å². The molecule has 108 valence electrons. The quantitative estimate of drug-likeness (QED) is 0.734. The lowest BCUT2D eigenvalue weighted by Gasteiger charge is -2.16. The van der Waals surface area contributed by atoms with E-state index in [1.807, 2.05) is 6.07 Å². The monoisotopic (exact) mass is 296 g/mol. The Kier molecular flexibility index (Phi) is 5.67. The fourth-order valence-electron chi connectivity index (χ4n) is 1.55. The van der Waals surface area contributed by atoms with Gasteiger partial charge in [-0.15, -0.1) is 0 Å². The van der Waals surface area contributed by atoms with Gasteiger partial charge in [-0.25, -0.2) is 12.7 Å². The highest BCUT2D eigenvalue weighted by atomic mass is 32.2. The van der Waals surface area contributed by atoms with Crippen LogP contribution in [0, 0.1) is 11.3 Å². The van der Waals surface area contributed by atoms with Gasteiger partial charge in [0.25, 0.3) is 0 Å². The number of nitriles is 1. The average Bonchev–Trinajstić information content (AvgIpc) is 2.46. The zero-order valence-electron chi connectivity index (χ0n) is 11.4. The van der Waals surface area contributed by atoms with Crippen LogP contribution in [0.4, 0.5) is 0 Å². The molecule has 1 aromatic carbocycles. The first-order valence-corrected chi connectivity index (χ1v) is 7.39. The van der Waals surface area contributed by atoms with E-state index in [4.69, 9.17) is 5.26 Å². The molecule has 0 saturated carbocycles. The Morgan fingerprint density at radius 2 is 1.95 bits per heavy atom. The Hall–Kier alpha value is -1.91. The van der Waals surface area contributed by atoms with Crippen LogP contribution in [0.1, 0.15) is 18.4 Å². The Morgan fingerprint density at radius 1 is 1.35 bits per heavy atom. The molecule has 6 nitrogen and oxygen atoms in total. The molecule has 1 rings (SSSR count). The van der Waals surface area contributed by atoms with Gasteiger partial charge in [0.05, 0.1) is 23.6 Å². The second-order valence-electron chi connectivity index (χ2n) is 4.14. The molecule has 7 heteroatoms. The summed E-state index contributed by atoms with van der Waals surface area (Å²) >= 11 is 0. The summed E-state index contributed by atoms with van der Waals surface area (Å²) in [7, 11) is -0.856. The van der Waals surface area contributed by atoms with Gasteiger partial charge in [-0.3, -0.25) is 4.79 Å². The summed E-state index contributed by atoms with van der Waals surface area (Å²) in [6.07, 6.45) is 0.558. The first-order valence-electron chi connectivity index (χ1n) is 5.95. The second-order valence-corrected chi connectivity index (χ2v) is 6.19. The molecular formula is C13H16N2O4S. The van der Waals surface area contributed by atoms with E-state index in [9.17, 15) is 13.2 Å². The number of carbonyl (C=O) groups excluding carboxylic acids is 1. The molecule has 0 heterocycles. The fourth-order valence-corrected chi connectivity index (χ4v) is 2.76. The zero-order chi connectivity index (χ0) is 15.2. The Morgan fingerprint density at radius 3 is 2.45 bits per heavy atom. The number of hydrogen-bond acceptors (Lipinski definition) is 5. The molecule has 0 N–H and O–H groups in total. The number of benzene rings is 1. The van der Waals surface area contributed by atoms with Crippen molar-refractivity contribution in [3.8, 4) is 6.07 Å². The molecule has 0 aliphatic carbocycles. The topological polar surface area (TPSA) is 87.5 Å². The van der Waals surface area contributed by atoms with Crippen LogP contribution in [-0.2, 0) is 19.6 Å². The average molecular weight is 296 g/mol. The third-order valence-corrected chi connectivity index (χ3v) is 4.64. The van der Waals surface area contributed by atoms with Crippen molar-refractivity contribution in [1.82, 2.24) is 4.31 Å². The van der Waals surface area contributed by atoms with Gasteiger partial charge in [-0.05, 0) is 30.7 Å².